The number of halogens is 1. The Bertz CT molecular complexity index is 720. The quantitative estimate of drug-likeness (QED) is 0.794. The van der Waals surface area contributed by atoms with Crippen molar-refractivity contribution in [3.8, 4) is 0 Å². The summed E-state index contributed by atoms with van der Waals surface area (Å²) in [5, 5.41) is 0.598. The third kappa shape index (κ3) is 4.43. The number of amides is 3. The molecule has 7 heteroatoms. The van der Waals surface area contributed by atoms with Gasteiger partial charge in [-0.2, -0.15) is 0 Å². The van der Waals surface area contributed by atoms with Gasteiger partial charge in [-0.15, -0.1) is 0 Å². The zero-order valence-corrected chi connectivity index (χ0v) is 16.6. The van der Waals surface area contributed by atoms with E-state index >= 15 is 0 Å². The number of likely N-dealkylation sites (tertiary alicyclic amines) is 1. The molecule has 2 aliphatic rings. The second-order valence-corrected chi connectivity index (χ2v) is 7.96. The summed E-state index contributed by atoms with van der Waals surface area (Å²) in [6.07, 6.45) is 1.03. The molecule has 27 heavy (non-hydrogen) atoms. The minimum atomic E-state index is -0.265. The maximum atomic E-state index is 12.9. The van der Waals surface area contributed by atoms with E-state index in [-0.39, 0.29) is 29.7 Å². The molecule has 0 aliphatic carbocycles. The lowest BCUT2D eigenvalue weighted by molar-refractivity contribution is -0.135. The van der Waals surface area contributed by atoms with Gasteiger partial charge in [-0.1, -0.05) is 11.6 Å². The zero-order chi connectivity index (χ0) is 19.6. The van der Waals surface area contributed by atoms with Crippen LogP contribution in [0.2, 0.25) is 5.02 Å². The lowest BCUT2D eigenvalue weighted by Crippen LogP contribution is -2.41. The molecule has 1 atom stereocenters. The fourth-order valence-electron chi connectivity index (χ4n) is 3.77. The van der Waals surface area contributed by atoms with E-state index in [1.807, 2.05) is 18.7 Å². The van der Waals surface area contributed by atoms with Crippen LogP contribution in [0.3, 0.4) is 0 Å². The average molecular weight is 392 g/mol. The van der Waals surface area contributed by atoms with Crippen LogP contribution in [0.15, 0.2) is 24.3 Å². The summed E-state index contributed by atoms with van der Waals surface area (Å²) in [5.74, 6) is -0.216. The van der Waals surface area contributed by atoms with Crippen molar-refractivity contribution in [2.75, 3.05) is 32.7 Å². The Morgan fingerprint density at radius 3 is 2.30 bits per heavy atom. The van der Waals surface area contributed by atoms with Gasteiger partial charge in [0, 0.05) is 55.8 Å². The van der Waals surface area contributed by atoms with Gasteiger partial charge in [0.25, 0.3) is 5.91 Å². The minimum absolute atomic E-state index is 0.0345. The maximum absolute atomic E-state index is 12.9. The van der Waals surface area contributed by atoms with E-state index in [9.17, 15) is 14.4 Å². The van der Waals surface area contributed by atoms with Crippen LogP contribution in [0.1, 0.15) is 37.0 Å². The molecule has 2 aliphatic heterocycles. The molecule has 2 fully saturated rings. The van der Waals surface area contributed by atoms with Crippen LogP contribution in [0, 0.1) is 5.92 Å². The molecule has 6 nitrogen and oxygen atoms in total. The summed E-state index contributed by atoms with van der Waals surface area (Å²) in [6.45, 7) is 6.68. The van der Waals surface area contributed by atoms with Crippen molar-refractivity contribution in [1.82, 2.24) is 14.7 Å². The summed E-state index contributed by atoms with van der Waals surface area (Å²) in [7, 11) is 0. The van der Waals surface area contributed by atoms with E-state index in [1.165, 1.54) is 0 Å². The molecule has 2 heterocycles. The molecule has 0 radical (unpaired) electrons. The van der Waals surface area contributed by atoms with Gasteiger partial charge in [0.2, 0.25) is 11.8 Å². The average Bonchev–Trinajstić information content (AvgIpc) is 2.88. The number of hydrogen-bond donors (Lipinski definition) is 0. The first-order valence-electron chi connectivity index (χ1n) is 9.50. The summed E-state index contributed by atoms with van der Waals surface area (Å²) < 4.78 is 0. The highest BCUT2D eigenvalue weighted by Gasteiger charge is 2.37. The summed E-state index contributed by atoms with van der Waals surface area (Å²) in [4.78, 5) is 43.0. The third-order valence-corrected chi connectivity index (χ3v) is 5.57. The highest BCUT2D eigenvalue weighted by atomic mass is 35.5. The first-order valence-corrected chi connectivity index (χ1v) is 9.87. The predicted molar refractivity (Wildman–Crippen MR) is 104 cm³/mol. The van der Waals surface area contributed by atoms with Crippen LogP contribution in [-0.2, 0) is 9.59 Å². The molecular formula is C20H26ClN3O3. The van der Waals surface area contributed by atoms with E-state index in [2.05, 4.69) is 0 Å². The van der Waals surface area contributed by atoms with Gasteiger partial charge < -0.3 is 14.7 Å². The number of carbonyl (C=O) groups excluding carboxylic acids is 3. The van der Waals surface area contributed by atoms with Crippen molar-refractivity contribution >= 4 is 29.3 Å². The van der Waals surface area contributed by atoms with Gasteiger partial charge in [-0.25, -0.2) is 0 Å². The van der Waals surface area contributed by atoms with Gasteiger partial charge in [0.1, 0.15) is 0 Å². The number of rotatable bonds is 3. The van der Waals surface area contributed by atoms with Gasteiger partial charge >= 0.3 is 0 Å². The second-order valence-electron chi connectivity index (χ2n) is 7.52. The Hall–Kier alpha value is -2.08. The number of hydrogen-bond acceptors (Lipinski definition) is 3. The fraction of sp³-hybridized carbons (Fsp3) is 0.550. The summed E-state index contributed by atoms with van der Waals surface area (Å²) in [6, 6.07) is 6.98. The van der Waals surface area contributed by atoms with E-state index in [0.29, 0.717) is 49.7 Å². The summed E-state index contributed by atoms with van der Waals surface area (Å²) >= 11 is 5.89. The van der Waals surface area contributed by atoms with Gasteiger partial charge in [0.15, 0.2) is 0 Å². The molecule has 3 rings (SSSR count). The largest absolute Gasteiger partial charge is 0.341 e. The molecule has 0 N–H and O–H groups in total. The van der Waals surface area contributed by atoms with Crippen LogP contribution in [0.4, 0.5) is 0 Å². The van der Waals surface area contributed by atoms with Gasteiger partial charge in [0.05, 0.1) is 5.92 Å². The van der Waals surface area contributed by atoms with E-state index in [0.717, 1.165) is 6.42 Å². The molecule has 0 spiro atoms. The van der Waals surface area contributed by atoms with Crippen LogP contribution < -0.4 is 0 Å². The highest BCUT2D eigenvalue weighted by molar-refractivity contribution is 6.30. The molecule has 1 unspecified atom stereocenters. The number of carbonyl (C=O) groups is 3. The van der Waals surface area contributed by atoms with Crippen LogP contribution in [0.5, 0.6) is 0 Å². The first-order chi connectivity index (χ1) is 12.9. The number of nitrogens with zero attached hydrogens (tertiary/aromatic N) is 3. The Labute approximate surface area is 165 Å². The van der Waals surface area contributed by atoms with Crippen molar-refractivity contribution < 1.29 is 14.4 Å². The molecular weight excluding hydrogens is 366 g/mol. The Kier molecular flexibility index (Phi) is 6.05. The molecule has 1 aromatic rings. The lowest BCUT2D eigenvalue weighted by atomic mass is 10.1. The third-order valence-electron chi connectivity index (χ3n) is 5.32. The van der Waals surface area contributed by atoms with Crippen molar-refractivity contribution in [3.05, 3.63) is 34.9 Å². The van der Waals surface area contributed by atoms with Crippen LogP contribution in [-0.4, -0.2) is 71.2 Å². The lowest BCUT2D eigenvalue weighted by Gasteiger charge is -2.25. The smallest absolute Gasteiger partial charge is 0.253 e. The molecule has 0 bridgehead atoms. The highest BCUT2D eigenvalue weighted by Crippen LogP contribution is 2.23. The van der Waals surface area contributed by atoms with Crippen LogP contribution in [0.25, 0.3) is 0 Å². The molecule has 1 aromatic carbocycles. The molecule has 2 saturated heterocycles. The Morgan fingerprint density at radius 2 is 1.67 bits per heavy atom. The van der Waals surface area contributed by atoms with Crippen LogP contribution >= 0.6 is 11.6 Å². The van der Waals surface area contributed by atoms with E-state index < -0.39 is 0 Å². The molecule has 146 valence electrons. The first kappa shape index (κ1) is 19.7. The Morgan fingerprint density at radius 1 is 1.04 bits per heavy atom. The maximum Gasteiger partial charge on any atom is 0.253 e. The van der Waals surface area contributed by atoms with Crippen molar-refractivity contribution in [3.63, 3.8) is 0 Å². The zero-order valence-electron chi connectivity index (χ0n) is 15.9. The predicted octanol–water partition coefficient (Wildman–Crippen LogP) is 2.27. The normalized spacial score (nSPS) is 21.0. The molecule has 3 amide bonds. The minimum Gasteiger partial charge on any atom is -0.341 e. The van der Waals surface area contributed by atoms with Crippen molar-refractivity contribution in [2.24, 2.45) is 5.92 Å². The second kappa shape index (κ2) is 8.30. The Balaban J connectivity index is 1.60. The molecule has 0 aromatic heterocycles. The van der Waals surface area contributed by atoms with E-state index in [4.69, 9.17) is 11.6 Å². The number of benzene rings is 1. The van der Waals surface area contributed by atoms with Crippen molar-refractivity contribution in [1.29, 1.82) is 0 Å². The summed E-state index contributed by atoms with van der Waals surface area (Å²) in [5.41, 5.74) is 0.605. The van der Waals surface area contributed by atoms with Gasteiger partial charge in [-0.05, 0) is 44.5 Å². The van der Waals surface area contributed by atoms with Crippen molar-refractivity contribution in [2.45, 2.75) is 32.7 Å². The van der Waals surface area contributed by atoms with Gasteiger partial charge in [-0.3, -0.25) is 14.4 Å². The van der Waals surface area contributed by atoms with E-state index in [1.54, 1.807) is 34.1 Å². The monoisotopic (exact) mass is 391 g/mol. The topological polar surface area (TPSA) is 60.9 Å². The molecule has 0 saturated carbocycles. The standard InChI is InChI=1S/C20H26ClN3O3/c1-14(2)24-13-16(12-18(24)25)20(27)23-9-3-8-22(10-11-23)19(26)15-4-6-17(21)7-5-15/h4-7,14,16H,3,8-13H2,1-2H3. The SMILES string of the molecule is CC(C)N1CC(C(=O)N2CCCN(C(=O)c3ccc(Cl)cc3)CC2)CC1=O. The fourth-order valence-corrected chi connectivity index (χ4v) is 3.90.